The summed E-state index contributed by atoms with van der Waals surface area (Å²) < 4.78 is 6.07. The molecule has 180 valence electrons. The van der Waals surface area contributed by atoms with Gasteiger partial charge in [0.2, 0.25) is 5.91 Å². The predicted octanol–water partition coefficient (Wildman–Crippen LogP) is 5.11. The number of para-hydroxylation sites is 1. The number of carbonyl (C=O) groups excluding carboxylic acids is 2. The van der Waals surface area contributed by atoms with E-state index in [0.29, 0.717) is 25.6 Å². The third kappa shape index (κ3) is 6.97. The molecule has 0 spiro atoms. The number of thiophene rings is 1. The third-order valence-electron chi connectivity index (χ3n) is 5.89. The van der Waals surface area contributed by atoms with Crippen molar-refractivity contribution in [2.24, 2.45) is 5.92 Å². The maximum absolute atomic E-state index is 13.6. The Morgan fingerprint density at radius 3 is 2.64 bits per heavy atom. The minimum atomic E-state index is -0.364. The molecule has 1 aromatic heterocycles. The van der Waals surface area contributed by atoms with Gasteiger partial charge < -0.3 is 19.9 Å². The van der Waals surface area contributed by atoms with E-state index < -0.39 is 0 Å². The molecule has 0 bridgehead atoms. The van der Waals surface area contributed by atoms with Crippen molar-refractivity contribution < 1.29 is 14.3 Å². The summed E-state index contributed by atoms with van der Waals surface area (Å²) in [7, 11) is 0. The van der Waals surface area contributed by atoms with Crippen molar-refractivity contribution in [2.75, 3.05) is 26.2 Å². The Morgan fingerprint density at radius 1 is 1.24 bits per heavy atom. The van der Waals surface area contributed by atoms with Gasteiger partial charge in [-0.3, -0.25) is 4.79 Å². The third-order valence-corrected chi connectivity index (χ3v) is 6.89. The fourth-order valence-electron chi connectivity index (χ4n) is 3.95. The van der Waals surface area contributed by atoms with Gasteiger partial charge in [-0.15, -0.1) is 11.3 Å². The first kappa shape index (κ1) is 25.1. The van der Waals surface area contributed by atoms with Crippen molar-refractivity contribution in [3.63, 3.8) is 0 Å². The van der Waals surface area contributed by atoms with Crippen molar-refractivity contribution >= 4 is 23.3 Å². The number of carbonyl (C=O) groups is 2. The maximum atomic E-state index is 13.6. The Bertz CT molecular complexity index is 922. The van der Waals surface area contributed by atoms with Gasteiger partial charge in [-0.25, -0.2) is 4.79 Å². The van der Waals surface area contributed by atoms with Crippen LogP contribution in [0.4, 0.5) is 4.79 Å². The summed E-state index contributed by atoms with van der Waals surface area (Å²) in [5, 5.41) is 5.10. The van der Waals surface area contributed by atoms with Crippen LogP contribution in [0, 0.1) is 5.92 Å². The van der Waals surface area contributed by atoms with Crippen LogP contribution in [0.2, 0.25) is 0 Å². The number of rotatable bonds is 8. The van der Waals surface area contributed by atoms with Crippen molar-refractivity contribution in [1.82, 2.24) is 15.1 Å². The summed E-state index contributed by atoms with van der Waals surface area (Å²) in [6.45, 7) is 11.7. The van der Waals surface area contributed by atoms with Crippen LogP contribution in [0.15, 0.2) is 41.8 Å². The molecule has 0 aliphatic carbocycles. The van der Waals surface area contributed by atoms with E-state index >= 15 is 0 Å². The molecule has 0 fully saturated rings. The lowest BCUT2D eigenvalue weighted by Gasteiger charge is -2.37. The summed E-state index contributed by atoms with van der Waals surface area (Å²) in [6.07, 6.45) is 1.78. The van der Waals surface area contributed by atoms with Crippen LogP contribution in [0.5, 0.6) is 5.75 Å². The summed E-state index contributed by atoms with van der Waals surface area (Å²) in [5.74, 6) is 1.06. The minimum Gasteiger partial charge on any atom is -0.491 e. The molecular formula is C26H37N3O3S. The highest BCUT2D eigenvalue weighted by atomic mass is 32.1. The minimum absolute atomic E-state index is 0.0409. The van der Waals surface area contributed by atoms with E-state index in [9.17, 15) is 9.59 Å². The van der Waals surface area contributed by atoms with E-state index in [-0.39, 0.29) is 30.1 Å². The molecule has 2 atom stereocenters. The highest BCUT2D eigenvalue weighted by Crippen LogP contribution is 2.34. The molecule has 33 heavy (non-hydrogen) atoms. The average molecular weight is 472 g/mol. The van der Waals surface area contributed by atoms with Gasteiger partial charge in [0.25, 0.3) is 0 Å². The predicted molar refractivity (Wildman–Crippen MR) is 134 cm³/mol. The maximum Gasteiger partial charge on any atom is 0.318 e. The molecule has 0 unspecified atom stereocenters. The molecular weight excluding hydrogens is 434 g/mol. The van der Waals surface area contributed by atoms with Crippen LogP contribution in [0.3, 0.4) is 0 Å². The summed E-state index contributed by atoms with van der Waals surface area (Å²) in [5.41, 5.74) is 0.791. The summed E-state index contributed by atoms with van der Waals surface area (Å²) in [4.78, 5) is 31.4. The Hall–Kier alpha value is -2.54. The molecule has 3 amide bonds. The van der Waals surface area contributed by atoms with E-state index in [4.69, 9.17) is 4.74 Å². The Labute approximate surface area is 201 Å². The summed E-state index contributed by atoms with van der Waals surface area (Å²) in [6, 6.07) is 11.4. The lowest BCUT2D eigenvalue weighted by atomic mass is 10.00. The Balaban J connectivity index is 1.77. The van der Waals surface area contributed by atoms with Gasteiger partial charge >= 0.3 is 6.03 Å². The SMILES string of the molecule is CC[C@H](C)CN(CC(=O)N1CCc2sccc2[C@H]1COc1ccccc1)C(=O)NC(C)(C)C. The molecule has 0 saturated carbocycles. The fourth-order valence-corrected chi connectivity index (χ4v) is 4.87. The second-order valence-electron chi connectivity index (χ2n) is 9.85. The normalized spacial score (nSPS) is 16.6. The number of nitrogens with one attached hydrogen (secondary N) is 1. The fraction of sp³-hybridized carbons (Fsp3) is 0.538. The molecule has 1 N–H and O–H groups in total. The van der Waals surface area contributed by atoms with Crippen LogP contribution in [0.25, 0.3) is 0 Å². The molecule has 0 saturated heterocycles. The van der Waals surface area contributed by atoms with Crippen molar-refractivity contribution in [1.29, 1.82) is 0 Å². The number of ether oxygens (including phenoxy) is 1. The number of hydrogen-bond acceptors (Lipinski definition) is 4. The molecule has 0 radical (unpaired) electrons. The lowest BCUT2D eigenvalue weighted by molar-refractivity contribution is -0.135. The monoisotopic (exact) mass is 471 g/mol. The topological polar surface area (TPSA) is 61.9 Å². The van der Waals surface area contributed by atoms with E-state index in [1.165, 1.54) is 4.88 Å². The number of hydrogen-bond donors (Lipinski definition) is 1. The van der Waals surface area contributed by atoms with Gasteiger partial charge in [0.05, 0.1) is 6.04 Å². The van der Waals surface area contributed by atoms with Crippen molar-refractivity contribution in [3.8, 4) is 5.75 Å². The van der Waals surface area contributed by atoms with E-state index in [1.54, 1.807) is 16.2 Å². The van der Waals surface area contributed by atoms with Crippen LogP contribution < -0.4 is 10.1 Å². The molecule has 1 aliphatic rings. The van der Waals surface area contributed by atoms with Crippen LogP contribution in [0.1, 0.15) is 57.5 Å². The Morgan fingerprint density at radius 2 is 1.97 bits per heavy atom. The first-order valence-electron chi connectivity index (χ1n) is 11.8. The van der Waals surface area contributed by atoms with Crippen LogP contribution >= 0.6 is 11.3 Å². The standard InChI is InChI=1S/C26H37N3O3S/c1-6-19(2)16-28(25(31)27-26(3,4)5)17-24(30)29-14-12-23-21(13-15-33-23)22(29)18-32-20-10-8-7-9-11-20/h7-11,13,15,19,22H,6,12,14,16-18H2,1-5H3,(H,27,31)/t19-,22+/m0/s1. The lowest BCUT2D eigenvalue weighted by Crippen LogP contribution is -2.53. The second-order valence-corrected chi connectivity index (χ2v) is 10.9. The highest BCUT2D eigenvalue weighted by molar-refractivity contribution is 7.10. The molecule has 1 aromatic carbocycles. The summed E-state index contributed by atoms with van der Waals surface area (Å²) >= 11 is 1.73. The van der Waals surface area contributed by atoms with Gasteiger partial charge in [0, 0.05) is 23.5 Å². The quantitative estimate of drug-likeness (QED) is 0.582. The van der Waals surface area contributed by atoms with Crippen LogP contribution in [-0.4, -0.2) is 53.5 Å². The number of fused-ring (bicyclic) bond motifs is 1. The average Bonchev–Trinajstić information content (AvgIpc) is 3.25. The number of urea groups is 1. The highest BCUT2D eigenvalue weighted by Gasteiger charge is 2.34. The van der Waals surface area contributed by atoms with Gasteiger partial charge in [0.1, 0.15) is 18.9 Å². The first-order chi connectivity index (χ1) is 15.7. The molecule has 6 nitrogen and oxygen atoms in total. The number of benzene rings is 1. The van der Waals surface area contributed by atoms with Gasteiger partial charge in [-0.05, 0) is 62.3 Å². The molecule has 3 rings (SSSR count). The van der Waals surface area contributed by atoms with Crippen LogP contribution in [-0.2, 0) is 11.2 Å². The molecule has 7 heteroatoms. The Kier molecular flexibility index (Phi) is 8.40. The van der Waals surface area contributed by atoms with Gasteiger partial charge in [-0.1, -0.05) is 38.5 Å². The van der Waals surface area contributed by atoms with Crippen molar-refractivity contribution in [3.05, 3.63) is 52.2 Å². The molecule has 2 heterocycles. The zero-order valence-electron chi connectivity index (χ0n) is 20.5. The van der Waals surface area contributed by atoms with Crippen molar-refractivity contribution in [2.45, 2.75) is 59.0 Å². The van der Waals surface area contributed by atoms with E-state index in [1.807, 2.05) is 56.0 Å². The first-order valence-corrected chi connectivity index (χ1v) is 12.7. The smallest absolute Gasteiger partial charge is 0.318 e. The zero-order valence-corrected chi connectivity index (χ0v) is 21.3. The largest absolute Gasteiger partial charge is 0.491 e. The molecule has 2 aromatic rings. The van der Waals surface area contributed by atoms with E-state index in [0.717, 1.165) is 24.2 Å². The number of nitrogens with zero attached hydrogens (tertiary/aromatic N) is 2. The second kappa shape index (κ2) is 11.1. The number of amides is 3. The zero-order chi connectivity index (χ0) is 24.0. The van der Waals surface area contributed by atoms with Gasteiger partial charge in [0.15, 0.2) is 0 Å². The van der Waals surface area contributed by atoms with E-state index in [2.05, 4.69) is 30.6 Å². The molecule has 1 aliphatic heterocycles. The van der Waals surface area contributed by atoms with Gasteiger partial charge in [-0.2, -0.15) is 0 Å².